The molecule has 1 saturated carbocycles. The molecular formula is C26H29N9. The molecule has 0 unspecified atom stereocenters. The van der Waals surface area contributed by atoms with Crippen molar-refractivity contribution in [3.8, 4) is 0 Å². The molecule has 4 aromatic rings. The molecule has 35 heavy (non-hydrogen) atoms. The quantitative estimate of drug-likeness (QED) is 0.460. The van der Waals surface area contributed by atoms with Crippen LogP contribution in [0.3, 0.4) is 0 Å². The molecule has 4 aromatic heterocycles. The summed E-state index contributed by atoms with van der Waals surface area (Å²) in [6.07, 6.45) is 9.95. The van der Waals surface area contributed by atoms with Crippen molar-refractivity contribution in [3.63, 3.8) is 0 Å². The van der Waals surface area contributed by atoms with Gasteiger partial charge in [-0.1, -0.05) is 6.58 Å². The number of pyridine rings is 1. The van der Waals surface area contributed by atoms with Crippen LogP contribution in [0, 0.1) is 6.92 Å². The van der Waals surface area contributed by atoms with E-state index in [1.807, 2.05) is 54.4 Å². The van der Waals surface area contributed by atoms with E-state index >= 15 is 0 Å². The average molecular weight is 468 g/mol. The van der Waals surface area contributed by atoms with Gasteiger partial charge in [-0.25, -0.2) is 24.5 Å². The van der Waals surface area contributed by atoms with E-state index in [-0.39, 0.29) is 0 Å². The molecular weight excluding hydrogens is 438 g/mol. The molecule has 0 atom stereocenters. The maximum absolute atomic E-state index is 4.87. The topological polar surface area (TPSA) is 87.4 Å². The van der Waals surface area contributed by atoms with Gasteiger partial charge >= 0.3 is 0 Å². The second-order valence-electron chi connectivity index (χ2n) is 9.45. The highest BCUT2D eigenvalue weighted by Crippen LogP contribution is 2.41. The molecule has 6 rings (SSSR count). The van der Waals surface area contributed by atoms with Crippen LogP contribution in [-0.4, -0.2) is 67.7 Å². The Morgan fingerprint density at radius 2 is 1.83 bits per heavy atom. The summed E-state index contributed by atoms with van der Waals surface area (Å²) in [7, 11) is 2.15. The van der Waals surface area contributed by atoms with Gasteiger partial charge in [-0.15, -0.1) is 0 Å². The molecule has 0 bridgehead atoms. The summed E-state index contributed by atoms with van der Waals surface area (Å²) in [5.41, 5.74) is 6.33. The molecule has 0 amide bonds. The Kier molecular flexibility index (Phi) is 5.41. The van der Waals surface area contributed by atoms with Crippen LogP contribution in [0.1, 0.15) is 41.3 Å². The van der Waals surface area contributed by atoms with Gasteiger partial charge in [-0.2, -0.15) is 5.10 Å². The predicted octanol–water partition coefficient (Wildman–Crippen LogP) is 3.66. The minimum atomic E-state index is 0.531. The number of anilines is 3. The van der Waals surface area contributed by atoms with Crippen molar-refractivity contribution >= 4 is 28.7 Å². The Labute approximate surface area is 204 Å². The van der Waals surface area contributed by atoms with Gasteiger partial charge in [0.2, 0.25) is 5.95 Å². The number of aromatic nitrogens is 6. The number of nitrogens with zero attached hydrogens (tertiary/aromatic N) is 8. The van der Waals surface area contributed by atoms with Gasteiger partial charge in [0.15, 0.2) is 5.65 Å². The van der Waals surface area contributed by atoms with E-state index in [1.54, 1.807) is 0 Å². The number of hydrogen-bond donors (Lipinski definition) is 1. The van der Waals surface area contributed by atoms with Crippen molar-refractivity contribution in [2.45, 2.75) is 25.7 Å². The maximum Gasteiger partial charge on any atom is 0.227 e. The zero-order chi connectivity index (χ0) is 23.9. The monoisotopic (exact) mass is 467 g/mol. The number of likely N-dealkylation sites (N-methyl/N-ethyl adjacent to an activating group) is 1. The van der Waals surface area contributed by atoms with E-state index in [2.05, 4.69) is 48.8 Å². The minimum Gasteiger partial charge on any atom is -0.354 e. The molecule has 1 saturated heterocycles. The van der Waals surface area contributed by atoms with Gasteiger partial charge in [0, 0.05) is 55.3 Å². The predicted molar refractivity (Wildman–Crippen MR) is 137 cm³/mol. The number of aryl methyl sites for hydroxylation is 1. The highest BCUT2D eigenvalue weighted by atomic mass is 15.3. The molecule has 2 fully saturated rings. The molecule has 9 nitrogen and oxygen atoms in total. The van der Waals surface area contributed by atoms with E-state index in [0.29, 0.717) is 11.9 Å². The largest absolute Gasteiger partial charge is 0.354 e. The maximum atomic E-state index is 4.87. The van der Waals surface area contributed by atoms with Crippen LogP contribution < -0.4 is 10.2 Å². The van der Waals surface area contributed by atoms with Crippen molar-refractivity contribution < 1.29 is 0 Å². The summed E-state index contributed by atoms with van der Waals surface area (Å²) in [5, 5.41) is 7.71. The third-order valence-corrected chi connectivity index (χ3v) is 6.86. The van der Waals surface area contributed by atoms with Crippen molar-refractivity contribution in [1.29, 1.82) is 0 Å². The van der Waals surface area contributed by atoms with Gasteiger partial charge in [-0.05, 0) is 50.9 Å². The Bertz CT molecular complexity index is 1380. The lowest BCUT2D eigenvalue weighted by Gasteiger charge is -2.33. The van der Waals surface area contributed by atoms with Crippen LogP contribution >= 0.6 is 0 Å². The standard InChI is InChI=1S/C26H29N9/c1-17(23-8-9-35-25(32-23)22(16-29-35)19-4-5-19)21-15-28-26(30-18(21)2)31-20-6-7-24(27-14-20)34-12-10-33(3)11-13-34/h6-9,14-16,19H,1,4-5,10-13H2,2-3H3,(H,28,30,31). The third kappa shape index (κ3) is 4.35. The SMILES string of the molecule is C=C(c1ccn2ncc(C3CC3)c2n1)c1cnc(Nc2ccc(N3CCN(C)CC3)nc2)nc1C. The Balaban J connectivity index is 1.17. The molecule has 0 spiro atoms. The Morgan fingerprint density at radius 3 is 2.54 bits per heavy atom. The molecule has 1 aliphatic carbocycles. The smallest absolute Gasteiger partial charge is 0.227 e. The summed E-state index contributed by atoms with van der Waals surface area (Å²) in [6, 6.07) is 6.01. The van der Waals surface area contributed by atoms with Gasteiger partial charge in [-0.3, -0.25) is 0 Å². The van der Waals surface area contributed by atoms with Crippen LogP contribution in [0.2, 0.25) is 0 Å². The molecule has 5 heterocycles. The van der Waals surface area contributed by atoms with E-state index in [9.17, 15) is 0 Å². The van der Waals surface area contributed by atoms with Crippen LogP contribution in [0.5, 0.6) is 0 Å². The first-order chi connectivity index (χ1) is 17.0. The first-order valence-electron chi connectivity index (χ1n) is 12.1. The van der Waals surface area contributed by atoms with Crippen LogP contribution in [-0.2, 0) is 0 Å². The van der Waals surface area contributed by atoms with Gasteiger partial charge < -0.3 is 15.1 Å². The zero-order valence-corrected chi connectivity index (χ0v) is 20.1. The summed E-state index contributed by atoms with van der Waals surface area (Å²) in [6.45, 7) is 10.4. The highest BCUT2D eigenvalue weighted by Gasteiger charge is 2.27. The van der Waals surface area contributed by atoms with Crippen LogP contribution in [0.4, 0.5) is 17.5 Å². The molecule has 0 radical (unpaired) electrons. The summed E-state index contributed by atoms with van der Waals surface area (Å²) in [4.78, 5) is 23.4. The number of piperazine rings is 1. The summed E-state index contributed by atoms with van der Waals surface area (Å²) >= 11 is 0. The molecule has 1 N–H and O–H groups in total. The van der Waals surface area contributed by atoms with E-state index in [1.165, 1.54) is 18.4 Å². The molecule has 0 aromatic carbocycles. The fraction of sp³-hybridized carbons (Fsp3) is 0.346. The van der Waals surface area contributed by atoms with Crippen LogP contribution in [0.15, 0.2) is 49.6 Å². The van der Waals surface area contributed by atoms with Gasteiger partial charge in [0.05, 0.1) is 29.5 Å². The van der Waals surface area contributed by atoms with Gasteiger partial charge in [0.1, 0.15) is 5.82 Å². The lowest BCUT2D eigenvalue weighted by molar-refractivity contribution is 0.312. The number of nitrogens with one attached hydrogen (secondary N) is 1. The first kappa shape index (κ1) is 21.7. The first-order valence-corrected chi connectivity index (χ1v) is 12.1. The van der Waals surface area contributed by atoms with Crippen molar-refractivity contribution in [2.75, 3.05) is 43.4 Å². The van der Waals surface area contributed by atoms with Crippen molar-refractivity contribution in [2.24, 2.45) is 0 Å². The number of rotatable bonds is 6. The zero-order valence-electron chi connectivity index (χ0n) is 20.1. The highest BCUT2D eigenvalue weighted by molar-refractivity contribution is 5.78. The summed E-state index contributed by atoms with van der Waals surface area (Å²) < 4.78 is 1.84. The third-order valence-electron chi connectivity index (χ3n) is 6.86. The fourth-order valence-corrected chi connectivity index (χ4v) is 4.51. The lowest BCUT2D eigenvalue weighted by Crippen LogP contribution is -2.44. The Hall–Kier alpha value is -3.85. The van der Waals surface area contributed by atoms with Crippen LogP contribution in [0.25, 0.3) is 11.2 Å². The second-order valence-corrected chi connectivity index (χ2v) is 9.45. The number of hydrogen-bond acceptors (Lipinski definition) is 8. The Morgan fingerprint density at radius 1 is 1.00 bits per heavy atom. The molecule has 1 aliphatic heterocycles. The second kappa shape index (κ2) is 8.74. The van der Waals surface area contributed by atoms with Crippen molar-refractivity contribution in [1.82, 2.24) is 34.4 Å². The molecule has 178 valence electrons. The number of fused-ring (bicyclic) bond motifs is 1. The molecule has 2 aliphatic rings. The van der Waals surface area contributed by atoms with E-state index in [4.69, 9.17) is 4.98 Å². The van der Waals surface area contributed by atoms with E-state index < -0.39 is 0 Å². The average Bonchev–Trinajstić information content (AvgIpc) is 3.63. The van der Waals surface area contributed by atoms with Gasteiger partial charge in [0.25, 0.3) is 0 Å². The fourth-order valence-electron chi connectivity index (χ4n) is 4.51. The molecule has 9 heteroatoms. The summed E-state index contributed by atoms with van der Waals surface area (Å²) in [5.74, 6) is 2.12. The van der Waals surface area contributed by atoms with Crippen molar-refractivity contribution in [3.05, 3.63) is 72.1 Å². The minimum absolute atomic E-state index is 0.531. The lowest BCUT2D eigenvalue weighted by atomic mass is 10.0. The van der Waals surface area contributed by atoms with E-state index in [0.717, 1.165) is 65.9 Å². The normalized spacial score (nSPS) is 16.6.